The molecule has 4 heteroatoms. The molecule has 4 rings (SSSR count). The van der Waals surface area contributed by atoms with Crippen molar-refractivity contribution >= 4 is 27.2 Å². The van der Waals surface area contributed by atoms with Gasteiger partial charge in [-0.2, -0.15) is 0 Å². The van der Waals surface area contributed by atoms with E-state index >= 15 is 0 Å². The monoisotopic (exact) mass is 277 g/mol. The van der Waals surface area contributed by atoms with Gasteiger partial charge in [0, 0.05) is 16.3 Å². The minimum absolute atomic E-state index is 0.118. The number of aromatic nitrogens is 1. The molecule has 3 aromatic carbocycles. The number of H-pyrrole nitrogens is 1. The van der Waals surface area contributed by atoms with Crippen molar-refractivity contribution in [2.75, 3.05) is 0 Å². The largest absolute Gasteiger partial charge is 0.503 e. The summed E-state index contributed by atoms with van der Waals surface area (Å²) in [6.45, 7) is 1.74. The Morgan fingerprint density at radius 1 is 1.05 bits per heavy atom. The maximum Gasteiger partial charge on any atom is 0.268 e. The zero-order valence-corrected chi connectivity index (χ0v) is 11.2. The number of hydrogen-bond acceptors (Lipinski definition) is 3. The molecule has 1 heterocycles. The Morgan fingerprint density at radius 3 is 2.48 bits per heavy atom. The van der Waals surface area contributed by atoms with Gasteiger partial charge >= 0.3 is 0 Å². The van der Waals surface area contributed by atoms with Crippen LogP contribution in [0.2, 0.25) is 0 Å². The number of benzene rings is 2. The van der Waals surface area contributed by atoms with Crippen molar-refractivity contribution in [3.8, 4) is 5.75 Å². The molecule has 102 valence electrons. The van der Waals surface area contributed by atoms with Gasteiger partial charge < -0.3 is 10.1 Å². The lowest BCUT2D eigenvalue weighted by Crippen LogP contribution is -2.35. The van der Waals surface area contributed by atoms with E-state index in [0.717, 1.165) is 27.0 Å². The van der Waals surface area contributed by atoms with Crippen molar-refractivity contribution in [3.05, 3.63) is 67.8 Å². The Balaban J connectivity index is 2.22. The molecule has 0 aliphatic heterocycles. The molecule has 4 aromatic rings. The quantitative estimate of drug-likeness (QED) is 0.519. The summed E-state index contributed by atoms with van der Waals surface area (Å²) in [6.07, 6.45) is 0. The van der Waals surface area contributed by atoms with Crippen LogP contribution in [0.1, 0.15) is 12.5 Å². The minimum atomic E-state index is -0.807. The van der Waals surface area contributed by atoms with Crippen LogP contribution in [0.15, 0.2) is 46.0 Å². The first-order valence-electron chi connectivity index (χ1n) is 6.62. The van der Waals surface area contributed by atoms with Crippen LogP contribution < -0.4 is 16.2 Å². The number of aromatic amines is 1. The molecule has 0 saturated carbocycles. The van der Waals surface area contributed by atoms with Crippen molar-refractivity contribution in [2.45, 2.75) is 6.92 Å². The molecule has 1 aromatic heterocycles. The van der Waals surface area contributed by atoms with E-state index in [9.17, 15) is 14.7 Å². The molecule has 0 aliphatic carbocycles. The molecule has 0 saturated heterocycles. The van der Waals surface area contributed by atoms with Gasteiger partial charge in [-0.1, -0.05) is 30.3 Å². The standard InChI is InChI=1S/C17H11NO3/c1-8(12-15(19)17(21)16(12)20)14-10-6-2-4-9-5-3-7-11(18-14)13(9)10/h2-7,18-19H,1H3/b14-8+. The molecular weight excluding hydrogens is 266 g/mol. The van der Waals surface area contributed by atoms with E-state index in [1.165, 1.54) is 0 Å². The third-order valence-electron chi connectivity index (χ3n) is 4.07. The molecule has 2 N–H and O–H groups in total. The smallest absolute Gasteiger partial charge is 0.268 e. The number of hydrogen-bond donors (Lipinski definition) is 2. The number of aromatic hydroxyl groups is 1. The first kappa shape index (κ1) is 11.9. The molecule has 0 atom stereocenters. The van der Waals surface area contributed by atoms with E-state index in [1.54, 1.807) is 6.92 Å². The van der Waals surface area contributed by atoms with Crippen molar-refractivity contribution in [3.63, 3.8) is 0 Å². The highest BCUT2D eigenvalue weighted by Gasteiger charge is 2.22. The van der Waals surface area contributed by atoms with Crippen LogP contribution in [-0.2, 0) is 0 Å². The van der Waals surface area contributed by atoms with Crippen molar-refractivity contribution in [1.82, 2.24) is 4.98 Å². The van der Waals surface area contributed by atoms with E-state index in [0.29, 0.717) is 5.57 Å². The lowest BCUT2D eigenvalue weighted by Gasteiger charge is -2.05. The zero-order valence-electron chi connectivity index (χ0n) is 11.2. The molecular formula is C17H11NO3. The average Bonchev–Trinajstić information content (AvgIpc) is 2.88. The third kappa shape index (κ3) is 1.39. The lowest BCUT2D eigenvalue weighted by molar-refractivity contribution is 0.460. The maximum absolute atomic E-state index is 11.7. The third-order valence-corrected chi connectivity index (χ3v) is 4.07. The lowest BCUT2D eigenvalue weighted by atomic mass is 9.99. The summed E-state index contributed by atoms with van der Waals surface area (Å²) in [7, 11) is 0. The SMILES string of the molecule is C/C(c1c(O)c(=O)c1=O)=c1\[nH]c2cccc3cccc1c32. The van der Waals surface area contributed by atoms with Gasteiger partial charge in [0.2, 0.25) is 5.43 Å². The van der Waals surface area contributed by atoms with E-state index in [4.69, 9.17) is 0 Å². The molecule has 0 bridgehead atoms. The van der Waals surface area contributed by atoms with Crippen LogP contribution in [0.4, 0.5) is 0 Å². The number of rotatable bonds is 1. The molecule has 0 unspecified atom stereocenters. The maximum atomic E-state index is 11.7. The Labute approximate surface area is 118 Å². The topological polar surface area (TPSA) is 70.2 Å². The van der Waals surface area contributed by atoms with Crippen molar-refractivity contribution in [1.29, 1.82) is 0 Å². The van der Waals surface area contributed by atoms with E-state index in [-0.39, 0.29) is 5.56 Å². The van der Waals surface area contributed by atoms with Crippen LogP contribution in [0.3, 0.4) is 0 Å². The summed E-state index contributed by atoms with van der Waals surface area (Å²) < 4.78 is 0. The zero-order chi connectivity index (χ0) is 14.7. The van der Waals surface area contributed by atoms with Gasteiger partial charge in [0.25, 0.3) is 5.43 Å². The molecule has 0 aliphatic rings. The predicted octanol–water partition coefficient (Wildman–Crippen LogP) is 1.56. The first-order chi connectivity index (χ1) is 10.1. The highest BCUT2D eigenvalue weighted by molar-refractivity contribution is 6.10. The summed E-state index contributed by atoms with van der Waals surface area (Å²) >= 11 is 0. The van der Waals surface area contributed by atoms with Gasteiger partial charge in [-0.3, -0.25) is 9.59 Å². The van der Waals surface area contributed by atoms with Gasteiger partial charge in [-0.15, -0.1) is 0 Å². The summed E-state index contributed by atoms with van der Waals surface area (Å²) in [5, 5.41) is 13.6. The van der Waals surface area contributed by atoms with Crippen LogP contribution in [-0.4, -0.2) is 10.1 Å². The Hall–Kier alpha value is -2.88. The van der Waals surface area contributed by atoms with E-state index in [2.05, 4.69) is 4.98 Å². The minimum Gasteiger partial charge on any atom is -0.503 e. The second-order valence-corrected chi connectivity index (χ2v) is 5.22. The fourth-order valence-corrected chi connectivity index (χ4v) is 3.00. The summed E-state index contributed by atoms with van der Waals surface area (Å²) in [5.41, 5.74) is 0.254. The second kappa shape index (κ2) is 3.82. The van der Waals surface area contributed by atoms with Crippen LogP contribution in [0.5, 0.6) is 5.75 Å². The molecule has 4 nitrogen and oxygen atoms in total. The predicted molar refractivity (Wildman–Crippen MR) is 82.2 cm³/mol. The number of nitrogens with one attached hydrogen (secondary N) is 1. The summed E-state index contributed by atoms with van der Waals surface area (Å²) in [6, 6.07) is 11.9. The van der Waals surface area contributed by atoms with Crippen LogP contribution in [0, 0.1) is 0 Å². The van der Waals surface area contributed by atoms with Gasteiger partial charge in [-0.25, -0.2) is 0 Å². The highest BCUT2D eigenvalue weighted by Crippen LogP contribution is 2.25. The Bertz CT molecular complexity index is 1140. The van der Waals surface area contributed by atoms with Crippen LogP contribution in [0.25, 0.3) is 27.2 Å². The Kier molecular flexibility index (Phi) is 2.17. The van der Waals surface area contributed by atoms with Crippen molar-refractivity contribution in [2.24, 2.45) is 0 Å². The summed E-state index contributed by atoms with van der Waals surface area (Å²) in [5.74, 6) is -0.435. The average molecular weight is 277 g/mol. The highest BCUT2D eigenvalue weighted by atomic mass is 16.3. The first-order valence-corrected chi connectivity index (χ1v) is 6.62. The fourth-order valence-electron chi connectivity index (χ4n) is 3.00. The van der Waals surface area contributed by atoms with Gasteiger partial charge in [0.05, 0.1) is 10.9 Å². The molecule has 21 heavy (non-hydrogen) atoms. The fraction of sp³-hybridized carbons (Fsp3) is 0.0588. The van der Waals surface area contributed by atoms with Gasteiger partial charge in [0.15, 0.2) is 5.75 Å². The molecule has 0 fully saturated rings. The van der Waals surface area contributed by atoms with Gasteiger partial charge in [0.1, 0.15) is 0 Å². The van der Waals surface area contributed by atoms with Gasteiger partial charge in [-0.05, 0) is 23.9 Å². The second-order valence-electron chi connectivity index (χ2n) is 5.22. The molecule has 0 spiro atoms. The van der Waals surface area contributed by atoms with E-state index < -0.39 is 16.6 Å². The van der Waals surface area contributed by atoms with Crippen LogP contribution >= 0.6 is 0 Å². The Morgan fingerprint density at radius 2 is 1.76 bits per heavy atom. The molecule has 0 radical (unpaired) electrons. The summed E-state index contributed by atoms with van der Waals surface area (Å²) in [4.78, 5) is 26.1. The van der Waals surface area contributed by atoms with E-state index in [1.807, 2.05) is 36.4 Å². The normalized spacial score (nSPS) is 13.4. The van der Waals surface area contributed by atoms with Crippen molar-refractivity contribution < 1.29 is 5.11 Å². The molecule has 0 amide bonds.